The number of rotatable bonds is 8. The van der Waals surface area contributed by atoms with Crippen LogP contribution in [0.15, 0.2) is 18.2 Å². The van der Waals surface area contributed by atoms with E-state index in [0.29, 0.717) is 17.8 Å². The molecule has 1 rings (SSSR count). The summed E-state index contributed by atoms with van der Waals surface area (Å²) in [4.78, 5) is 24.2. The maximum Gasteiger partial charge on any atom is 0.270 e. The Hall–Kier alpha value is -1.95. The van der Waals surface area contributed by atoms with Crippen LogP contribution in [0.4, 0.5) is 11.4 Å². The minimum absolute atomic E-state index is 0.0369. The number of nitro benzene ring substituents is 1. The summed E-state index contributed by atoms with van der Waals surface area (Å²) in [5, 5.41) is 20.1. The molecular formula is C15H22N2O4. The van der Waals surface area contributed by atoms with Gasteiger partial charge in [-0.05, 0) is 25.8 Å². The summed E-state index contributed by atoms with van der Waals surface area (Å²) in [6, 6.07) is 4.48. The number of aliphatic hydroxyl groups is 1. The van der Waals surface area contributed by atoms with Gasteiger partial charge in [-0.3, -0.25) is 14.9 Å². The standard InChI is InChI=1S/C15H22N2O4/c1-4-12(5-2)16(8-9-18)15-7-6-13(17(20)21)10-14(15)11(3)19/h6-7,10,12,18H,4-5,8-9H2,1-3H3. The average Bonchev–Trinajstić information content (AvgIpc) is 2.46. The number of Topliss-reactive ketones (excluding diaryl/α,β-unsaturated/α-hetero) is 1. The van der Waals surface area contributed by atoms with Gasteiger partial charge in [0.15, 0.2) is 5.78 Å². The van der Waals surface area contributed by atoms with Crippen molar-refractivity contribution in [1.82, 2.24) is 0 Å². The molecule has 0 heterocycles. The Kier molecular flexibility index (Phi) is 6.30. The van der Waals surface area contributed by atoms with Gasteiger partial charge in [0.2, 0.25) is 0 Å². The molecule has 0 saturated carbocycles. The van der Waals surface area contributed by atoms with E-state index in [-0.39, 0.29) is 24.1 Å². The van der Waals surface area contributed by atoms with Gasteiger partial charge in [-0.15, -0.1) is 0 Å². The number of benzene rings is 1. The van der Waals surface area contributed by atoms with E-state index in [9.17, 15) is 20.0 Å². The Morgan fingerprint density at radius 2 is 2.00 bits per heavy atom. The van der Waals surface area contributed by atoms with Crippen molar-refractivity contribution in [3.05, 3.63) is 33.9 Å². The van der Waals surface area contributed by atoms with E-state index in [2.05, 4.69) is 0 Å². The number of carbonyl (C=O) groups excluding carboxylic acids is 1. The first-order valence-electron chi connectivity index (χ1n) is 7.13. The lowest BCUT2D eigenvalue weighted by Crippen LogP contribution is -2.37. The molecule has 0 aliphatic carbocycles. The summed E-state index contributed by atoms with van der Waals surface area (Å²) < 4.78 is 0. The molecule has 0 amide bonds. The molecule has 0 spiro atoms. The molecule has 6 nitrogen and oxygen atoms in total. The third-order valence-corrected chi connectivity index (χ3v) is 3.60. The van der Waals surface area contributed by atoms with E-state index in [0.717, 1.165) is 12.8 Å². The van der Waals surface area contributed by atoms with Gasteiger partial charge in [0.1, 0.15) is 0 Å². The lowest BCUT2D eigenvalue weighted by atomic mass is 10.0. The molecule has 0 aliphatic rings. The third kappa shape index (κ3) is 4.01. The summed E-state index contributed by atoms with van der Waals surface area (Å²) in [7, 11) is 0. The molecule has 0 radical (unpaired) electrons. The third-order valence-electron chi connectivity index (χ3n) is 3.60. The van der Waals surface area contributed by atoms with Gasteiger partial charge in [0.25, 0.3) is 5.69 Å². The summed E-state index contributed by atoms with van der Waals surface area (Å²) in [5.74, 6) is -0.220. The highest BCUT2D eigenvalue weighted by Crippen LogP contribution is 2.28. The van der Waals surface area contributed by atoms with Crippen LogP contribution in [0.1, 0.15) is 44.0 Å². The number of hydrogen-bond donors (Lipinski definition) is 1. The summed E-state index contributed by atoms with van der Waals surface area (Å²) >= 11 is 0. The first-order valence-corrected chi connectivity index (χ1v) is 7.13. The zero-order valence-electron chi connectivity index (χ0n) is 12.7. The topological polar surface area (TPSA) is 83.7 Å². The highest BCUT2D eigenvalue weighted by molar-refractivity contribution is 6.00. The zero-order valence-corrected chi connectivity index (χ0v) is 12.7. The van der Waals surface area contributed by atoms with Gasteiger partial charge in [0, 0.05) is 36.0 Å². The smallest absolute Gasteiger partial charge is 0.270 e. The van der Waals surface area contributed by atoms with Crippen LogP contribution in [0.3, 0.4) is 0 Å². The molecule has 116 valence electrons. The molecular weight excluding hydrogens is 272 g/mol. The Balaban J connectivity index is 3.35. The van der Waals surface area contributed by atoms with Crippen molar-refractivity contribution in [1.29, 1.82) is 0 Å². The lowest BCUT2D eigenvalue weighted by molar-refractivity contribution is -0.384. The molecule has 21 heavy (non-hydrogen) atoms. The SMILES string of the molecule is CCC(CC)N(CCO)c1ccc([N+](=O)[O-])cc1C(C)=O. The summed E-state index contributed by atoms with van der Waals surface area (Å²) in [5.41, 5.74) is 0.873. The molecule has 0 fully saturated rings. The lowest BCUT2D eigenvalue weighted by Gasteiger charge is -2.33. The second-order valence-electron chi connectivity index (χ2n) is 4.90. The van der Waals surface area contributed by atoms with Crippen molar-refractivity contribution in [2.75, 3.05) is 18.1 Å². The van der Waals surface area contributed by atoms with Crippen LogP contribution in [0.2, 0.25) is 0 Å². The minimum Gasteiger partial charge on any atom is -0.395 e. The number of non-ortho nitro benzene ring substituents is 1. The molecule has 1 aromatic carbocycles. The Morgan fingerprint density at radius 3 is 2.43 bits per heavy atom. The maximum absolute atomic E-state index is 11.8. The molecule has 0 aromatic heterocycles. The Bertz CT molecular complexity index is 512. The van der Waals surface area contributed by atoms with Crippen LogP contribution in [-0.2, 0) is 0 Å². The minimum atomic E-state index is -0.510. The van der Waals surface area contributed by atoms with E-state index in [1.807, 2.05) is 18.7 Å². The normalized spacial score (nSPS) is 10.7. The molecule has 6 heteroatoms. The van der Waals surface area contributed by atoms with Gasteiger partial charge >= 0.3 is 0 Å². The molecule has 0 bridgehead atoms. The fourth-order valence-electron chi connectivity index (χ4n) is 2.51. The monoisotopic (exact) mass is 294 g/mol. The fraction of sp³-hybridized carbons (Fsp3) is 0.533. The molecule has 0 aliphatic heterocycles. The largest absolute Gasteiger partial charge is 0.395 e. The predicted molar refractivity (Wildman–Crippen MR) is 81.9 cm³/mol. The first-order chi connectivity index (χ1) is 9.96. The predicted octanol–water partition coefficient (Wildman–Crippen LogP) is 2.78. The second-order valence-corrected chi connectivity index (χ2v) is 4.90. The van der Waals surface area contributed by atoms with Crippen LogP contribution in [0, 0.1) is 10.1 Å². The molecule has 0 unspecified atom stereocenters. The maximum atomic E-state index is 11.8. The Labute approximate surface area is 124 Å². The quantitative estimate of drug-likeness (QED) is 0.453. The van der Waals surface area contributed by atoms with Crippen molar-refractivity contribution in [3.8, 4) is 0 Å². The van der Waals surface area contributed by atoms with Crippen LogP contribution < -0.4 is 4.90 Å². The van der Waals surface area contributed by atoms with Gasteiger partial charge < -0.3 is 10.0 Å². The number of carbonyl (C=O) groups is 1. The van der Waals surface area contributed by atoms with E-state index in [1.165, 1.54) is 19.1 Å². The van der Waals surface area contributed by atoms with Crippen LogP contribution in [-0.4, -0.2) is 35.0 Å². The summed E-state index contributed by atoms with van der Waals surface area (Å²) in [6.07, 6.45) is 1.73. The fourth-order valence-corrected chi connectivity index (χ4v) is 2.51. The molecule has 0 atom stereocenters. The average molecular weight is 294 g/mol. The van der Waals surface area contributed by atoms with Crippen molar-refractivity contribution < 1.29 is 14.8 Å². The highest BCUT2D eigenvalue weighted by Gasteiger charge is 2.22. The number of anilines is 1. The Morgan fingerprint density at radius 1 is 1.38 bits per heavy atom. The summed E-state index contributed by atoms with van der Waals surface area (Å²) in [6.45, 7) is 5.83. The number of hydrogen-bond acceptors (Lipinski definition) is 5. The number of aliphatic hydroxyl groups excluding tert-OH is 1. The van der Waals surface area contributed by atoms with Crippen LogP contribution in [0.5, 0.6) is 0 Å². The first kappa shape index (κ1) is 17.1. The highest BCUT2D eigenvalue weighted by atomic mass is 16.6. The van der Waals surface area contributed by atoms with Gasteiger partial charge in [0.05, 0.1) is 11.5 Å². The van der Waals surface area contributed by atoms with E-state index in [1.54, 1.807) is 6.07 Å². The number of nitrogens with zero attached hydrogens (tertiary/aromatic N) is 2. The van der Waals surface area contributed by atoms with Crippen molar-refractivity contribution >= 4 is 17.2 Å². The van der Waals surface area contributed by atoms with E-state index < -0.39 is 4.92 Å². The molecule has 0 saturated heterocycles. The second kappa shape index (κ2) is 7.73. The van der Waals surface area contributed by atoms with E-state index >= 15 is 0 Å². The molecule has 1 aromatic rings. The van der Waals surface area contributed by atoms with Gasteiger partial charge in [-0.2, -0.15) is 0 Å². The molecule has 1 N–H and O–H groups in total. The van der Waals surface area contributed by atoms with Crippen molar-refractivity contribution in [2.45, 2.75) is 39.7 Å². The van der Waals surface area contributed by atoms with Crippen molar-refractivity contribution in [2.24, 2.45) is 0 Å². The van der Waals surface area contributed by atoms with Crippen molar-refractivity contribution in [3.63, 3.8) is 0 Å². The number of ketones is 1. The zero-order chi connectivity index (χ0) is 16.0. The van der Waals surface area contributed by atoms with E-state index in [4.69, 9.17) is 0 Å². The van der Waals surface area contributed by atoms with Gasteiger partial charge in [-0.1, -0.05) is 13.8 Å². The van der Waals surface area contributed by atoms with Crippen LogP contribution in [0.25, 0.3) is 0 Å². The van der Waals surface area contributed by atoms with Crippen LogP contribution >= 0.6 is 0 Å². The number of nitro groups is 1. The van der Waals surface area contributed by atoms with Gasteiger partial charge in [-0.25, -0.2) is 0 Å².